The molecule has 1 aromatic heterocycles. The van der Waals surface area contributed by atoms with E-state index in [1.165, 1.54) is 0 Å². The first-order chi connectivity index (χ1) is 17.2. The maximum Gasteiger partial charge on any atom is 0.241 e. The van der Waals surface area contributed by atoms with Crippen molar-refractivity contribution in [3.63, 3.8) is 0 Å². The quantitative estimate of drug-likeness (QED) is 0.515. The van der Waals surface area contributed by atoms with Crippen LogP contribution in [-0.4, -0.2) is 54.2 Å². The molecule has 3 heterocycles. The van der Waals surface area contributed by atoms with Crippen molar-refractivity contribution in [2.75, 3.05) is 33.4 Å². The normalized spacial score (nSPS) is 19.7. The summed E-state index contributed by atoms with van der Waals surface area (Å²) in [5, 5.41) is 0. The lowest BCUT2D eigenvalue weighted by Crippen LogP contribution is -2.52. The van der Waals surface area contributed by atoms with Crippen LogP contribution in [-0.2, 0) is 14.9 Å². The molecule has 0 saturated carbocycles. The van der Waals surface area contributed by atoms with Gasteiger partial charge < -0.3 is 19.1 Å². The number of aromatic nitrogens is 2. The number of benzene rings is 2. The molecule has 0 radical (unpaired) electrons. The zero-order valence-electron chi connectivity index (χ0n) is 20.1. The number of hydrogen-bond donors (Lipinski definition) is 0. The summed E-state index contributed by atoms with van der Waals surface area (Å²) in [5.41, 5.74) is 1.34. The van der Waals surface area contributed by atoms with Gasteiger partial charge in [0, 0.05) is 44.6 Å². The third kappa shape index (κ3) is 4.86. The van der Waals surface area contributed by atoms with Gasteiger partial charge in [-0.15, -0.1) is 0 Å². The van der Waals surface area contributed by atoms with E-state index in [2.05, 4.69) is 22.1 Å². The smallest absolute Gasteiger partial charge is 0.241 e. The van der Waals surface area contributed by atoms with Crippen molar-refractivity contribution in [1.82, 2.24) is 14.9 Å². The largest absolute Gasteiger partial charge is 0.497 e. The lowest BCUT2D eigenvalue weighted by Gasteiger charge is -2.42. The zero-order chi connectivity index (χ0) is 24.1. The van der Waals surface area contributed by atoms with Crippen LogP contribution in [0.3, 0.4) is 0 Å². The SMILES string of the molecule is COc1ccc(Oc2nccnc2[C@@H]2CCCN(C(=O)C3(c4ccccc4)CCOCC3)C2)cc1. The Bertz CT molecular complexity index is 1130. The predicted octanol–water partition coefficient (Wildman–Crippen LogP) is 4.73. The van der Waals surface area contributed by atoms with Crippen LogP contribution in [0.25, 0.3) is 0 Å². The first-order valence-electron chi connectivity index (χ1n) is 12.2. The van der Waals surface area contributed by atoms with Gasteiger partial charge in [-0.1, -0.05) is 30.3 Å². The van der Waals surface area contributed by atoms with Gasteiger partial charge in [-0.3, -0.25) is 9.78 Å². The van der Waals surface area contributed by atoms with Crippen molar-refractivity contribution < 1.29 is 19.0 Å². The van der Waals surface area contributed by atoms with Gasteiger partial charge >= 0.3 is 0 Å². The fourth-order valence-electron chi connectivity index (χ4n) is 5.24. The van der Waals surface area contributed by atoms with E-state index in [0.717, 1.165) is 36.4 Å². The molecule has 7 nitrogen and oxygen atoms in total. The summed E-state index contributed by atoms with van der Waals surface area (Å²) in [6.07, 6.45) is 6.59. The molecular formula is C28H31N3O4. The van der Waals surface area contributed by atoms with Crippen LogP contribution in [0.4, 0.5) is 0 Å². The van der Waals surface area contributed by atoms with Gasteiger partial charge in [-0.05, 0) is 55.5 Å². The number of likely N-dealkylation sites (tertiary alicyclic amines) is 1. The van der Waals surface area contributed by atoms with E-state index in [1.54, 1.807) is 19.5 Å². The highest BCUT2D eigenvalue weighted by Gasteiger charge is 2.45. The lowest BCUT2D eigenvalue weighted by molar-refractivity contribution is -0.142. The Kier molecular flexibility index (Phi) is 6.95. The van der Waals surface area contributed by atoms with Crippen LogP contribution in [0.1, 0.15) is 42.9 Å². The van der Waals surface area contributed by atoms with Crippen LogP contribution < -0.4 is 9.47 Å². The molecule has 182 valence electrons. The fraction of sp³-hybridized carbons (Fsp3) is 0.393. The Morgan fingerprint density at radius 1 is 1.00 bits per heavy atom. The average Bonchev–Trinajstić information content (AvgIpc) is 2.94. The van der Waals surface area contributed by atoms with Crippen LogP contribution in [0, 0.1) is 0 Å². The molecule has 2 aliphatic heterocycles. The molecule has 35 heavy (non-hydrogen) atoms. The summed E-state index contributed by atoms with van der Waals surface area (Å²) in [7, 11) is 1.63. The molecule has 0 bridgehead atoms. The molecule has 1 amide bonds. The van der Waals surface area contributed by atoms with Crippen molar-refractivity contribution in [3.8, 4) is 17.4 Å². The van der Waals surface area contributed by atoms with Crippen molar-refractivity contribution in [3.05, 3.63) is 78.2 Å². The molecular weight excluding hydrogens is 442 g/mol. The number of nitrogens with zero attached hydrogens (tertiary/aromatic N) is 3. The number of ether oxygens (including phenoxy) is 3. The maximum atomic E-state index is 14.1. The van der Waals surface area contributed by atoms with Crippen LogP contribution in [0.5, 0.6) is 17.4 Å². The van der Waals surface area contributed by atoms with Crippen LogP contribution in [0.2, 0.25) is 0 Å². The summed E-state index contributed by atoms with van der Waals surface area (Å²) in [6, 6.07) is 17.6. The average molecular weight is 474 g/mol. The monoisotopic (exact) mass is 473 g/mol. The molecule has 0 N–H and O–H groups in total. The van der Waals surface area contributed by atoms with Crippen LogP contribution in [0.15, 0.2) is 67.0 Å². The lowest BCUT2D eigenvalue weighted by atomic mass is 9.72. The van der Waals surface area contributed by atoms with E-state index in [4.69, 9.17) is 14.2 Å². The standard InChI is InChI=1S/C28H31N3O4/c1-33-23-9-11-24(12-10-23)35-26-25(29-15-16-30-26)21-6-5-17-31(20-21)27(32)28(13-18-34-19-14-28)22-7-3-2-4-8-22/h2-4,7-12,15-16,21H,5-6,13-14,17-20H2,1H3/t21-/m1/s1. The second kappa shape index (κ2) is 10.4. The number of methoxy groups -OCH3 is 1. The minimum absolute atomic E-state index is 0.0577. The first-order valence-corrected chi connectivity index (χ1v) is 12.2. The number of carbonyl (C=O) groups excluding carboxylic acids is 1. The van der Waals surface area contributed by atoms with Gasteiger partial charge in [-0.25, -0.2) is 4.98 Å². The topological polar surface area (TPSA) is 73.8 Å². The molecule has 2 fully saturated rings. The third-order valence-electron chi connectivity index (χ3n) is 7.14. The summed E-state index contributed by atoms with van der Waals surface area (Å²) >= 11 is 0. The van der Waals surface area contributed by atoms with Crippen molar-refractivity contribution in [1.29, 1.82) is 0 Å². The molecule has 2 aromatic carbocycles. The minimum atomic E-state index is -0.536. The van der Waals surface area contributed by atoms with E-state index >= 15 is 0 Å². The molecule has 2 aliphatic rings. The molecule has 1 atom stereocenters. The van der Waals surface area contributed by atoms with Gasteiger partial charge in [0.25, 0.3) is 0 Å². The number of rotatable bonds is 6. The summed E-state index contributed by atoms with van der Waals surface area (Å²) in [5.74, 6) is 2.17. The molecule has 0 spiro atoms. The highest BCUT2D eigenvalue weighted by molar-refractivity contribution is 5.88. The van der Waals surface area contributed by atoms with Gasteiger partial charge in [0.1, 0.15) is 17.2 Å². The number of carbonyl (C=O) groups is 1. The maximum absolute atomic E-state index is 14.1. The van der Waals surface area contributed by atoms with Crippen molar-refractivity contribution >= 4 is 5.91 Å². The Balaban J connectivity index is 1.38. The Morgan fingerprint density at radius 3 is 2.46 bits per heavy atom. The van der Waals surface area contributed by atoms with Gasteiger partial charge in [-0.2, -0.15) is 0 Å². The Labute approximate surface area is 206 Å². The second-order valence-corrected chi connectivity index (χ2v) is 9.18. The molecule has 0 unspecified atom stereocenters. The van der Waals surface area contributed by atoms with Gasteiger partial charge in [0.2, 0.25) is 11.8 Å². The Hall–Kier alpha value is -3.45. The van der Waals surface area contributed by atoms with Crippen molar-refractivity contribution in [2.45, 2.75) is 37.0 Å². The predicted molar refractivity (Wildman–Crippen MR) is 132 cm³/mol. The molecule has 7 heteroatoms. The minimum Gasteiger partial charge on any atom is -0.497 e. The van der Waals surface area contributed by atoms with Crippen molar-refractivity contribution in [2.24, 2.45) is 0 Å². The molecule has 0 aliphatic carbocycles. The van der Waals surface area contributed by atoms with E-state index in [0.29, 0.717) is 44.2 Å². The zero-order valence-corrected chi connectivity index (χ0v) is 20.1. The molecule has 3 aromatic rings. The summed E-state index contributed by atoms with van der Waals surface area (Å²) < 4.78 is 17.0. The fourth-order valence-corrected chi connectivity index (χ4v) is 5.24. The first kappa shape index (κ1) is 23.3. The number of amides is 1. The van der Waals surface area contributed by atoms with E-state index < -0.39 is 5.41 Å². The van der Waals surface area contributed by atoms with E-state index in [1.807, 2.05) is 47.4 Å². The molecule has 2 saturated heterocycles. The van der Waals surface area contributed by atoms with E-state index in [-0.39, 0.29) is 11.8 Å². The second-order valence-electron chi connectivity index (χ2n) is 9.18. The number of piperidine rings is 1. The van der Waals surface area contributed by atoms with Crippen LogP contribution >= 0.6 is 0 Å². The third-order valence-corrected chi connectivity index (χ3v) is 7.14. The van der Waals surface area contributed by atoms with E-state index in [9.17, 15) is 4.79 Å². The van der Waals surface area contributed by atoms with Gasteiger partial charge in [0.05, 0.1) is 12.5 Å². The summed E-state index contributed by atoms with van der Waals surface area (Å²) in [6.45, 7) is 2.55. The van der Waals surface area contributed by atoms with Gasteiger partial charge in [0.15, 0.2) is 0 Å². The highest BCUT2D eigenvalue weighted by atomic mass is 16.5. The summed E-state index contributed by atoms with van der Waals surface area (Å²) in [4.78, 5) is 25.2. The number of hydrogen-bond acceptors (Lipinski definition) is 6. The molecule has 5 rings (SSSR count). The highest BCUT2D eigenvalue weighted by Crippen LogP contribution is 2.39. The Morgan fingerprint density at radius 2 is 1.71 bits per heavy atom.